The second-order valence-corrected chi connectivity index (χ2v) is 9.71. The van der Waals surface area contributed by atoms with Crippen molar-refractivity contribution >= 4 is 52.7 Å². The number of ether oxygens (including phenoxy) is 1. The number of unbranched alkanes of at least 4 members (excludes halogenated alkanes) is 1. The van der Waals surface area contributed by atoms with Crippen molar-refractivity contribution in [2.24, 2.45) is 0 Å². The fourth-order valence-corrected chi connectivity index (χ4v) is 5.27. The molecule has 9 heteroatoms. The number of carboxylic acid groups (broad SMARTS) is 1. The van der Waals surface area contributed by atoms with E-state index in [4.69, 9.17) is 21.4 Å². The van der Waals surface area contributed by atoms with Gasteiger partial charge in [-0.3, -0.25) is 0 Å². The van der Waals surface area contributed by atoms with Crippen LogP contribution in [-0.2, 0) is 4.79 Å². The Kier molecular flexibility index (Phi) is 9.16. The van der Waals surface area contributed by atoms with Gasteiger partial charge in [-0.1, -0.05) is 24.6 Å². The summed E-state index contributed by atoms with van der Waals surface area (Å²) in [6, 6.07) is 14.4. The highest BCUT2D eigenvalue weighted by Crippen LogP contribution is 2.45. The molecule has 1 heterocycles. The number of anilines is 2. The molecule has 5 nitrogen and oxygen atoms in total. The highest BCUT2D eigenvalue weighted by atomic mass is 35.5. The van der Waals surface area contributed by atoms with Gasteiger partial charge in [-0.25, -0.2) is 9.10 Å². The summed E-state index contributed by atoms with van der Waals surface area (Å²) < 4.78 is 21.2. The summed E-state index contributed by atoms with van der Waals surface area (Å²) in [5.41, 5.74) is 2.12. The van der Waals surface area contributed by atoms with Gasteiger partial charge in [-0.15, -0.1) is 23.4 Å². The van der Waals surface area contributed by atoms with Gasteiger partial charge >= 0.3 is 5.97 Å². The average Bonchev–Trinajstić information content (AvgIpc) is 2.93. The minimum Gasteiger partial charge on any atom is -0.476 e. The van der Waals surface area contributed by atoms with Gasteiger partial charge in [0.1, 0.15) is 12.0 Å². The quantitative estimate of drug-likeness (QED) is 0.105. The van der Waals surface area contributed by atoms with E-state index >= 15 is 0 Å². The third kappa shape index (κ3) is 6.13. The molecule has 1 aliphatic rings. The molecular weight excluding hydrogens is 471 g/mol. The number of hydrogen-bond acceptors (Lipinski definition) is 6. The number of likely N-dealkylation sites (N-methyl/N-ethyl adjacent to an activating group) is 1. The first-order chi connectivity index (χ1) is 15.4. The van der Waals surface area contributed by atoms with Crippen LogP contribution in [0.25, 0.3) is 0 Å². The van der Waals surface area contributed by atoms with Gasteiger partial charge < -0.3 is 14.7 Å². The Hall–Kier alpha value is -1.87. The molecule has 0 fully saturated rings. The van der Waals surface area contributed by atoms with E-state index < -0.39 is 11.8 Å². The molecule has 0 radical (unpaired) electrons. The van der Waals surface area contributed by atoms with E-state index in [0.717, 1.165) is 47.0 Å². The van der Waals surface area contributed by atoms with Crippen molar-refractivity contribution in [3.05, 3.63) is 54.6 Å². The van der Waals surface area contributed by atoms with Gasteiger partial charge in [-0.2, -0.15) is 4.39 Å². The molecule has 0 bridgehead atoms. The summed E-state index contributed by atoms with van der Waals surface area (Å²) in [6.45, 7) is 0.810. The molecule has 1 unspecified atom stereocenters. The molecule has 32 heavy (non-hydrogen) atoms. The molecule has 0 aliphatic carbocycles. The molecule has 0 spiro atoms. The van der Waals surface area contributed by atoms with Crippen molar-refractivity contribution in [2.75, 3.05) is 30.6 Å². The van der Waals surface area contributed by atoms with Crippen LogP contribution in [0.5, 0.6) is 5.75 Å². The zero-order valence-electron chi connectivity index (χ0n) is 18.0. The molecule has 172 valence electrons. The molecule has 1 N–H and O–H groups in total. The summed E-state index contributed by atoms with van der Waals surface area (Å²) >= 11 is 8.97. The van der Waals surface area contributed by atoms with Crippen molar-refractivity contribution in [1.29, 1.82) is 0 Å². The van der Waals surface area contributed by atoms with Crippen molar-refractivity contribution in [1.82, 2.24) is 4.31 Å². The second-order valence-electron chi connectivity index (χ2n) is 7.28. The topological polar surface area (TPSA) is 53.0 Å². The lowest BCUT2D eigenvalue weighted by molar-refractivity contribution is -0.134. The number of para-hydroxylation sites is 1. The molecule has 0 aromatic heterocycles. The molecular formula is C23H26ClFN2O3S2. The number of alkyl halides is 1. The molecule has 2 aromatic rings. The Labute approximate surface area is 201 Å². The molecule has 0 amide bonds. The predicted octanol–water partition coefficient (Wildman–Crippen LogP) is 6.55. The van der Waals surface area contributed by atoms with Crippen LogP contribution in [-0.4, -0.2) is 47.2 Å². The first-order valence-electron chi connectivity index (χ1n) is 10.2. The summed E-state index contributed by atoms with van der Waals surface area (Å²) in [5, 5.41) is 8.77. The van der Waals surface area contributed by atoms with E-state index in [-0.39, 0.29) is 0 Å². The van der Waals surface area contributed by atoms with Gasteiger partial charge in [0, 0.05) is 24.2 Å². The van der Waals surface area contributed by atoms with Crippen LogP contribution in [0.3, 0.4) is 0 Å². The van der Waals surface area contributed by atoms with Crippen molar-refractivity contribution in [3.63, 3.8) is 0 Å². The van der Waals surface area contributed by atoms with Gasteiger partial charge in [-0.05, 0) is 62.4 Å². The SMILES string of the molecule is CSc1cc2c(cc1O/C=C(\F)C(=O)O)SN(C)C(CCCCCl)CN2c1ccccc1. The summed E-state index contributed by atoms with van der Waals surface area (Å²) in [4.78, 5) is 14.8. The average molecular weight is 497 g/mol. The van der Waals surface area contributed by atoms with Crippen LogP contribution >= 0.6 is 35.3 Å². The molecule has 1 aliphatic heterocycles. The van der Waals surface area contributed by atoms with E-state index in [1.807, 2.05) is 36.6 Å². The van der Waals surface area contributed by atoms with Crippen LogP contribution in [0.2, 0.25) is 0 Å². The third-order valence-corrected chi connectivity index (χ3v) is 7.30. The molecule has 0 saturated heterocycles. The molecule has 1 atom stereocenters. The lowest BCUT2D eigenvalue weighted by atomic mass is 10.1. The number of carboxylic acids is 1. The first kappa shape index (κ1) is 24.8. The Morgan fingerprint density at radius 2 is 2.09 bits per heavy atom. The van der Waals surface area contributed by atoms with E-state index in [2.05, 4.69) is 28.4 Å². The van der Waals surface area contributed by atoms with Gasteiger partial charge in [0.15, 0.2) is 0 Å². The zero-order chi connectivity index (χ0) is 23.1. The second kappa shape index (κ2) is 11.8. The summed E-state index contributed by atoms with van der Waals surface area (Å²) in [7, 11) is 2.07. The van der Waals surface area contributed by atoms with Gasteiger partial charge in [0.2, 0.25) is 5.83 Å². The van der Waals surface area contributed by atoms with Crippen molar-refractivity contribution in [3.8, 4) is 5.75 Å². The van der Waals surface area contributed by atoms with Crippen LogP contribution in [0.4, 0.5) is 15.8 Å². The lowest BCUT2D eigenvalue weighted by Crippen LogP contribution is -2.35. The number of fused-ring (bicyclic) bond motifs is 1. The number of hydrogen-bond donors (Lipinski definition) is 1. The van der Waals surface area contributed by atoms with Crippen LogP contribution in [0.1, 0.15) is 19.3 Å². The minimum absolute atomic E-state index is 0.294. The number of rotatable bonds is 9. The van der Waals surface area contributed by atoms with Gasteiger partial charge in [0.25, 0.3) is 0 Å². The van der Waals surface area contributed by atoms with E-state index in [1.54, 1.807) is 11.9 Å². The number of aliphatic carboxylic acids is 1. The van der Waals surface area contributed by atoms with Crippen LogP contribution in [0, 0.1) is 0 Å². The Morgan fingerprint density at radius 1 is 1.34 bits per heavy atom. The minimum atomic E-state index is -1.66. The summed E-state index contributed by atoms with van der Waals surface area (Å²) in [5.74, 6) is -1.93. The van der Waals surface area contributed by atoms with E-state index in [9.17, 15) is 9.18 Å². The Bertz CT molecular complexity index is 962. The summed E-state index contributed by atoms with van der Waals surface area (Å²) in [6.07, 6.45) is 5.58. The fourth-order valence-electron chi connectivity index (χ4n) is 3.49. The van der Waals surface area contributed by atoms with Gasteiger partial charge in [0.05, 0.1) is 15.5 Å². The maximum absolute atomic E-state index is 13.5. The maximum atomic E-state index is 13.5. The highest BCUT2D eigenvalue weighted by molar-refractivity contribution is 7.98. The van der Waals surface area contributed by atoms with Crippen LogP contribution < -0.4 is 9.64 Å². The number of halogens is 2. The maximum Gasteiger partial charge on any atom is 0.368 e. The van der Waals surface area contributed by atoms with E-state index in [0.29, 0.717) is 23.9 Å². The first-order valence-corrected chi connectivity index (χ1v) is 12.7. The monoisotopic (exact) mass is 496 g/mol. The number of nitrogens with zero attached hydrogens (tertiary/aromatic N) is 2. The standard InChI is InChI=1S/C23H26ClFN2O3S2/c1-26-17(10-6-7-11-24)14-27(16-8-4-3-5-9-16)19-12-22(31-2)20(13-21(19)32-26)30-15-18(25)23(28)29/h3-5,8-9,12-13,15,17H,6-7,10-11,14H2,1-2H3,(H,28,29)/b18-15-. The van der Waals surface area contributed by atoms with Crippen molar-refractivity contribution in [2.45, 2.75) is 35.1 Å². The van der Waals surface area contributed by atoms with Crippen LogP contribution in [0.15, 0.2) is 64.3 Å². The van der Waals surface area contributed by atoms with Crippen molar-refractivity contribution < 1.29 is 19.0 Å². The van der Waals surface area contributed by atoms with E-state index in [1.165, 1.54) is 11.8 Å². The normalized spacial score (nSPS) is 17.1. The number of thioether (sulfide) groups is 1. The fraction of sp³-hybridized carbons (Fsp3) is 0.348. The Morgan fingerprint density at radius 3 is 2.75 bits per heavy atom. The molecule has 0 saturated carbocycles. The largest absolute Gasteiger partial charge is 0.476 e. The lowest BCUT2D eigenvalue weighted by Gasteiger charge is -2.30. The predicted molar refractivity (Wildman–Crippen MR) is 131 cm³/mol. The Balaban J connectivity index is 2.02. The highest BCUT2D eigenvalue weighted by Gasteiger charge is 2.28. The number of benzene rings is 2. The molecule has 2 aromatic carbocycles. The molecule has 3 rings (SSSR count). The zero-order valence-corrected chi connectivity index (χ0v) is 20.4. The number of carbonyl (C=O) groups is 1. The third-order valence-electron chi connectivity index (χ3n) is 5.17. The smallest absolute Gasteiger partial charge is 0.368 e.